The molecule has 4 aromatic carbocycles. The second kappa shape index (κ2) is 20.2. The third-order valence-electron chi connectivity index (χ3n) is 10.7. The summed E-state index contributed by atoms with van der Waals surface area (Å²) in [4.78, 5) is 82.2. The summed E-state index contributed by atoms with van der Waals surface area (Å²) in [6, 6.07) is 15.2. The Kier molecular flexibility index (Phi) is 14.8. The Bertz CT molecular complexity index is 2380. The van der Waals surface area contributed by atoms with Crippen molar-refractivity contribution in [3.8, 4) is 33.8 Å². The lowest BCUT2D eigenvalue weighted by Crippen LogP contribution is -2.49. The molecule has 0 aliphatic carbocycles. The van der Waals surface area contributed by atoms with Crippen molar-refractivity contribution in [2.24, 2.45) is 0 Å². The van der Waals surface area contributed by atoms with E-state index in [1.54, 1.807) is 56.0 Å². The molecule has 6 rings (SSSR count). The molecule has 0 aromatic heterocycles. The highest BCUT2D eigenvalue weighted by atomic mass is 35.5. The molecule has 2 fully saturated rings. The SMILES string of the molecule is COc1ccc(Cl)cc1-c1c(C=CC(=O)N2CCN(C(C)=O)CC2)ccc(Sc2ccc(C=CC(=O)N3CCN(C(C)=O)CC3)c(-c3cc(Cl)ccc3OC)c2[N+](=O)[O-])c1[N+](=O)[O-]. The van der Waals surface area contributed by atoms with E-state index in [0.29, 0.717) is 52.4 Å². The number of hydrogen-bond acceptors (Lipinski definition) is 11. The van der Waals surface area contributed by atoms with Crippen LogP contribution in [0.5, 0.6) is 11.5 Å². The number of carbonyl (C=O) groups excluding carboxylic acids is 4. The molecule has 4 amide bonds. The molecule has 0 saturated carbocycles. The minimum absolute atomic E-state index is 0.0103. The Hall–Kier alpha value is -6.43. The zero-order valence-corrected chi connectivity index (χ0v) is 37.0. The molecule has 328 valence electrons. The Morgan fingerprint density at radius 2 is 0.937 bits per heavy atom. The van der Waals surface area contributed by atoms with E-state index in [2.05, 4.69) is 0 Å². The van der Waals surface area contributed by atoms with E-state index in [9.17, 15) is 39.4 Å². The van der Waals surface area contributed by atoms with E-state index in [1.807, 2.05) is 0 Å². The molecule has 0 spiro atoms. The van der Waals surface area contributed by atoms with Gasteiger partial charge in [0.25, 0.3) is 11.4 Å². The number of methoxy groups -OCH3 is 2. The normalized spacial score (nSPS) is 14.3. The van der Waals surface area contributed by atoms with E-state index in [1.165, 1.54) is 76.6 Å². The van der Waals surface area contributed by atoms with Gasteiger partial charge in [0.1, 0.15) is 11.5 Å². The molecule has 2 heterocycles. The van der Waals surface area contributed by atoms with Crippen LogP contribution in [0.3, 0.4) is 0 Å². The van der Waals surface area contributed by atoms with Gasteiger partial charge in [-0.25, -0.2) is 0 Å². The number of halogens is 2. The van der Waals surface area contributed by atoms with Crippen LogP contribution in [0, 0.1) is 20.2 Å². The molecule has 0 unspecified atom stereocenters. The van der Waals surface area contributed by atoms with Crippen LogP contribution in [0.4, 0.5) is 11.4 Å². The number of nitro benzene ring substituents is 2. The number of carbonyl (C=O) groups is 4. The van der Waals surface area contributed by atoms with Crippen molar-refractivity contribution in [2.75, 3.05) is 66.6 Å². The van der Waals surface area contributed by atoms with Crippen LogP contribution in [0.15, 0.2) is 82.6 Å². The predicted molar refractivity (Wildman–Crippen MR) is 240 cm³/mol. The van der Waals surface area contributed by atoms with Crippen LogP contribution in [0.2, 0.25) is 10.0 Å². The molecule has 19 heteroatoms. The summed E-state index contributed by atoms with van der Waals surface area (Å²) in [6.07, 6.45) is 5.51. The minimum Gasteiger partial charge on any atom is -0.496 e. The fourth-order valence-electron chi connectivity index (χ4n) is 7.43. The van der Waals surface area contributed by atoms with Crippen LogP contribution in [0.1, 0.15) is 25.0 Å². The van der Waals surface area contributed by atoms with Crippen LogP contribution in [-0.4, -0.2) is 120 Å². The zero-order valence-electron chi connectivity index (χ0n) is 34.7. The van der Waals surface area contributed by atoms with Gasteiger partial charge in [0.15, 0.2) is 0 Å². The first kappa shape index (κ1) is 46.1. The van der Waals surface area contributed by atoms with E-state index in [0.717, 1.165) is 11.8 Å². The van der Waals surface area contributed by atoms with Crippen molar-refractivity contribution in [1.82, 2.24) is 19.6 Å². The lowest BCUT2D eigenvalue weighted by atomic mass is 9.96. The van der Waals surface area contributed by atoms with Gasteiger partial charge in [-0.2, -0.15) is 0 Å². The van der Waals surface area contributed by atoms with E-state index >= 15 is 0 Å². The zero-order chi connectivity index (χ0) is 45.5. The number of nitro groups is 2. The Balaban J connectivity index is 1.48. The number of nitrogens with zero attached hydrogens (tertiary/aromatic N) is 6. The van der Waals surface area contributed by atoms with Crippen LogP contribution in [0.25, 0.3) is 34.4 Å². The number of rotatable bonds is 12. The van der Waals surface area contributed by atoms with Crippen LogP contribution >= 0.6 is 35.0 Å². The molecule has 0 radical (unpaired) electrons. The molecule has 63 heavy (non-hydrogen) atoms. The average Bonchev–Trinajstić information content (AvgIpc) is 3.27. The van der Waals surface area contributed by atoms with Gasteiger partial charge in [0, 0.05) is 99.5 Å². The molecular formula is C44H42Cl2N6O10S. The maximum Gasteiger partial charge on any atom is 0.291 e. The van der Waals surface area contributed by atoms with Gasteiger partial charge in [-0.05, 0) is 71.8 Å². The monoisotopic (exact) mass is 916 g/mol. The first-order chi connectivity index (χ1) is 30.1. The van der Waals surface area contributed by atoms with Gasteiger partial charge >= 0.3 is 0 Å². The smallest absolute Gasteiger partial charge is 0.291 e. The van der Waals surface area contributed by atoms with Crippen molar-refractivity contribution >= 4 is 82.1 Å². The van der Waals surface area contributed by atoms with Gasteiger partial charge in [-0.3, -0.25) is 39.4 Å². The first-order valence-electron chi connectivity index (χ1n) is 19.5. The first-order valence-corrected chi connectivity index (χ1v) is 21.1. The summed E-state index contributed by atoms with van der Waals surface area (Å²) in [7, 11) is 2.79. The van der Waals surface area contributed by atoms with Gasteiger partial charge in [0.05, 0.1) is 45.0 Å². The van der Waals surface area contributed by atoms with Gasteiger partial charge in [0.2, 0.25) is 23.6 Å². The number of ether oxygens (including phenoxy) is 2. The topological polar surface area (TPSA) is 186 Å². The summed E-state index contributed by atoms with van der Waals surface area (Å²) in [5.41, 5.74) is 0.165. The predicted octanol–water partition coefficient (Wildman–Crippen LogP) is 7.72. The maximum absolute atomic E-state index is 13.4. The second-order valence-corrected chi connectivity index (χ2v) is 16.3. The third kappa shape index (κ3) is 10.4. The van der Waals surface area contributed by atoms with Crippen molar-refractivity contribution in [3.63, 3.8) is 0 Å². The molecule has 2 aliphatic heterocycles. The number of benzene rings is 4. The van der Waals surface area contributed by atoms with Gasteiger partial charge < -0.3 is 29.1 Å². The van der Waals surface area contributed by atoms with Crippen LogP contribution < -0.4 is 9.47 Å². The maximum atomic E-state index is 13.4. The van der Waals surface area contributed by atoms with Crippen molar-refractivity contribution < 1.29 is 38.5 Å². The van der Waals surface area contributed by atoms with E-state index in [-0.39, 0.29) is 88.3 Å². The fourth-order valence-corrected chi connectivity index (χ4v) is 8.83. The van der Waals surface area contributed by atoms with E-state index < -0.39 is 21.2 Å². The fraction of sp³-hybridized carbons (Fsp3) is 0.273. The molecule has 4 aromatic rings. The summed E-state index contributed by atoms with van der Waals surface area (Å²) in [5, 5.41) is 27.0. The lowest BCUT2D eigenvalue weighted by molar-refractivity contribution is -0.387. The Labute approximate surface area is 376 Å². The summed E-state index contributed by atoms with van der Waals surface area (Å²) in [6.45, 7) is 5.61. The highest BCUT2D eigenvalue weighted by molar-refractivity contribution is 7.99. The summed E-state index contributed by atoms with van der Waals surface area (Å²) < 4.78 is 11.2. The lowest BCUT2D eigenvalue weighted by Gasteiger charge is -2.33. The van der Waals surface area contributed by atoms with Crippen molar-refractivity contribution in [3.05, 3.63) is 114 Å². The largest absolute Gasteiger partial charge is 0.496 e. The molecule has 0 N–H and O–H groups in total. The number of hydrogen-bond donors (Lipinski definition) is 0. The quantitative estimate of drug-likeness (QED) is 0.0770. The Morgan fingerprint density at radius 1 is 0.587 bits per heavy atom. The molecule has 2 saturated heterocycles. The molecule has 0 atom stereocenters. The average molecular weight is 918 g/mol. The number of amides is 4. The molecule has 16 nitrogen and oxygen atoms in total. The van der Waals surface area contributed by atoms with Crippen molar-refractivity contribution in [1.29, 1.82) is 0 Å². The second-order valence-electron chi connectivity index (χ2n) is 14.4. The summed E-state index contributed by atoms with van der Waals surface area (Å²) in [5.74, 6) is -0.446. The summed E-state index contributed by atoms with van der Waals surface area (Å²) >= 11 is 13.7. The highest BCUT2D eigenvalue weighted by Crippen LogP contribution is 2.51. The van der Waals surface area contributed by atoms with Crippen molar-refractivity contribution in [2.45, 2.75) is 23.6 Å². The highest BCUT2D eigenvalue weighted by Gasteiger charge is 2.32. The molecular weight excluding hydrogens is 875 g/mol. The molecule has 2 aliphatic rings. The molecule has 0 bridgehead atoms. The van der Waals surface area contributed by atoms with Gasteiger partial charge in [-0.1, -0.05) is 47.1 Å². The number of piperazine rings is 2. The van der Waals surface area contributed by atoms with E-state index in [4.69, 9.17) is 32.7 Å². The standard InChI is InChI=1S/C44H42Cl2N6O10S/c1-27(53)47-17-21-49(22-18-47)39(55)15-7-29-5-13-37(43(51(57)58)41(29)33-25-31(45)9-11-35(33)61-3)63-38-14-6-30(8-16-40(56)50-23-19-48(20-24-50)28(2)54)42(44(38)52(59)60)34-26-32(46)10-12-36(34)62-4/h5-16,25-26H,17-24H2,1-4H3. The van der Waals surface area contributed by atoms with Crippen LogP contribution in [-0.2, 0) is 19.2 Å². The van der Waals surface area contributed by atoms with Gasteiger partial charge in [-0.15, -0.1) is 0 Å². The Morgan fingerprint density at radius 3 is 1.25 bits per heavy atom. The minimum atomic E-state index is -0.607. The third-order valence-corrected chi connectivity index (χ3v) is 12.2.